The Hall–Kier alpha value is -4.35. The van der Waals surface area contributed by atoms with Gasteiger partial charge < -0.3 is 15.2 Å². The van der Waals surface area contributed by atoms with Gasteiger partial charge in [0.1, 0.15) is 33.0 Å². The average molecular weight is 614 g/mol. The van der Waals surface area contributed by atoms with Crippen LogP contribution in [-0.4, -0.2) is 53.9 Å². The summed E-state index contributed by atoms with van der Waals surface area (Å²) in [6.07, 6.45) is 2.99. The quantitative estimate of drug-likeness (QED) is 0.292. The monoisotopic (exact) mass is 613 g/mol. The highest BCUT2D eigenvalue weighted by Crippen LogP contribution is 2.31. The molecule has 3 heterocycles. The predicted molar refractivity (Wildman–Crippen MR) is 161 cm³/mol. The molecular formula is C29H36FN7O5S. The van der Waals surface area contributed by atoms with E-state index in [1.165, 1.54) is 65.1 Å². The molecule has 0 aliphatic heterocycles. The first-order valence-corrected chi connectivity index (χ1v) is 14.5. The second-order valence-corrected chi connectivity index (χ2v) is 11.8. The second kappa shape index (κ2) is 13.7. The average Bonchev–Trinajstić information content (AvgIpc) is 3.55. The van der Waals surface area contributed by atoms with E-state index in [1.807, 2.05) is 6.07 Å². The van der Waals surface area contributed by atoms with Crippen LogP contribution in [0.3, 0.4) is 0 Å². The van der Waals surface area contributed by atoms with Crippen molar-refractivity contribution in [2.75, 3.05) is 6.61 Å². The summed E-state index contributed by atoms with van der Waals surface area (Å²) in [4.78, 5) is 42.7. The molecule has 4 aromatic rings. The number of hydrogen-bond acceptors (Lipinski definition) is 9. The number of aliphatic hydroxyl groups is 1. The summed E-state index contributed by atoms with van der Waals surface area (Å²) < 4.78 is 21.9. The lowest BCUT2D eigenvalue weighted by atomic mass is 10.0. The van der Waals surface area contributed by atoms with Crippen molar-refractivity contribution in [3.05, 3.63) is 68.4 Å². The highest BCUT2D eigenvalue weighted by molar-refractivity contribution is 7.21. The summed E-state index contributed by atoms with van der Waals surface area (Å²) >= 11 is 1.17. The number of aliphatic hydroxyl groups excluding tert-OH is 1. The third-order valence-electron chi connectivity index (χ3n) is 6.24. The molecule has 4 rings (SSSR count). The lowest BCUT2D eigenvalue weighted by molar-refractivity contribution is -0.129. The molecular weight excluding hydrogens is 577 g/mol. The molecule has 43 heavy (non-hydrogen) atoms. The van der Waals surface area contributed by atoms with Crippen LogP contribution in [0, 0.1) is 24.1 Å². The Morgan fingerprint density at radius 3 is 2.42 bits per heavy atom. The van der Waals surface area contributed by atoms with E-state index in [0.717, 1.165) is 4.57 Å². The van der Waals surface area contributed by atoms with Crippen molar-refractivity contribution in [2.24, 2.45) is 0 Å². The number of nitrogens with one attached hydrogen (secondary N) is 1. The third-order valence-corrected chi connectivity index (χ3v) is 7.52. The van der Waals surface area contributed by atoms with E-state index in [0.29, 0.717) is 26.7 Å². The predicted octanol–water partition coefficient (Wildman–Crippen LogP) is 3.04. The van der Waals surface area contributed by atoms with Crippen molar-refractivity contribution in [3.63, 3.8) is 0 Å². The van der Waals surface area contributed by atoms with E-state index >= 15 is 0 Å². The number of carbonyl (C=O) groups is 1. The van der Waals surface area contributed by atoms with Gasteiger partial charge in [0.15, 0.2) is 6.61 Å². The first-order chi connectivity index (χ1) is 20.2. The summed E-state index contributed by atoms with van der Waals surface area (Å²) in [7, 11) is 0. The fourth-order valence-electron chi connectivity index (χ4n) is 4.30. The number of nitrogens with zero attached hydrogens (tertiary/aromatic N) is 6. The highest BCUT2D eigenvalue weighted by Gasteiger charge is 2.35. The van der Waals surface area contributed by atoms with Crippen LogP contribution in [0.15, 0.2) is 40.2 Å². The number of benzene rings is 1. The topological polar surface area (TPSA) is 157 Å². The number of nitriles is 1. The van der Waals surface area contributed by atoms with Gasteiger partial charge in [-0.1, -0.05) is 11.3 Å². The molecule has 1 aromatic carbocycles. The Balaban J connectivity index is 0.00000119. The molecule has 1 amide bonds. The fraction of sp³-hybridized carbons (Fsp3) is 0.448. The van der Waals surface area contributed by atoms with Crippen molar-refractivity contribution in [2.45, 2.75) is 79.1 Å². The number of rotatable bonds is 9. The summed E-state index contributed by atoms with van der Waals surface area (Å²) in [5.41, 5.74) is -1.81. The van der Waals surface area contributed by atoms with Gasteiger partial charge in [0.2, 0.25) is 5.91 Å². The molecule has 0 bridgehead atoms. The standard InChI is InChI=1S/C26H28FN7O4S.C3H8O/c1-15(2)31-24(36)26(4,5)33-21(35)20-16(3)22(34-29-10-11-30-34)39-23(20)32(25(33)37)12-8-17-14-18(27)6-7-19(17)38-13-9-28;1-3(2)4/h6-7,10-11,14-15H,8,12-13H2,1-5H3,(H,31,36);3-4H,1-2H3. The number of amides is 1. The van der Waals surface area contributed by atoms with Crippen LogP contribution < -0.4 is 21.3 Å². The number of ether oxygens (including phenoxy) is 1. The number of fused-ring (bicyclic) bond motifs is 1. The van der Waals surface area contributed by atoms with Gasteiger partial charge in [-0.3, -0.25) is 14.2 Å². The Labute approximate surface area is 252 Å². The molecule has 12 nitrogen and oxygen atoms in total. The Kier molecular flexibility index (Phi) is 10.6. The van der Waals surface area contributed by atoms with Gasteiger partial charge in [-0.25, -0.2) is 13.8 Å². The van der Waals surface area contributed by atoms with Gasteiger partial charge in [0, 0.05) is 24.3 Å². The number of aromatic nitrogens is 5. The molecule has 3 aromatic heterocycles. The summed E-state index contributed by atoms with van der Waals surface area (Å²) in [6, 6.07) is 5.61. The number of aryl methyl sites for hydroxylation is 3. The molecule has 0 fully saturated rings. The zero-order valence-electron chi connectivity index (χ0n) is 25.2. The van der Waals surface area contributed by atoms with Crippen molar-refractivity contribution in [1.29, 1.82) is 5.26 Å². The first kappa shape index (κ1) is 33.2. The lowest BCUT2D eigenvalue weighted by Gasteiger charge is -2.27. The van der Waals surface area contributed by atoms with Gasteiger partial charge >= 0.3 is 5.69 Å². The molecule has 0 radical (unpaired) electrons. The minimum Gasteiger partial charge on any atom is -0.478 e. The Morgan fingerprint density at radius 1 is 1.21 bits per heavy atom. The van der Waals surface area contributed by atoms with Crippen LogP contribution in [0.1, 0.15) is 52.7 Å². The second-order valence-electron chi connectivity index (χ2n) is 10.8. The van der Waals surface area contributed by atoms with E-state index in [4.69, 9.17) is 15.1 Å². The summed E-state index contributed by atoms with van der Waals surface area (Å²) in [6.45, 7) is 11.6. The molecule has 0 aliphatic rings. The van der Waals surface area contributed by atoms with E-state index in [2.05, 4.69) is 15.5 Å². The number of halogens is 1. The normalized spacial score (nSPS) is 11.4. The van der Waals surface area contributed by atoms with Gasteiger partial charge in [0.05, 0.1) is 17.8 Å². The third kappa shape index (κ3) is 7.36. The van der Waals surface area contributed by atoms with E-state index < -0.39 is 28.5 Å². The maximum Gasteiger partial charge on any atom is 0.333 e. The van der Waals surface area contributed by atoms with Crippen molar-refractivity contribution < 1.29 is 19.0 Å². The molecule has 2 N–H and O–H groups in total. The smallest absolute Gasteiger partial charge is 0.333 e. The molecule has 0 saturated heterocycles. The zero-order chi connectivity index (χ0) is 32.1. The van der Waals surface area contributed by atoms with Crippen LogP contribution in [0.2, 0.25) is 0 Å². The molecule has 0 spiro atoms. The molecule has 0 unspecified atom stereocenters. The molecule has 230 valence electrons. The van der Waals surface area contributed by atoms with Crippen LogP contribution >= 0.6 is 11.3 Å². The van der Waals surface area contributed by atoms with Gasteiger partial charge in [0.25, 0.3) is 5.56 Å². The zero-order valence-corrected chi connectivity index (χ0v) is 26.0. The Bertz CT molecular complexity index is 1750. The maximum atomic E-state index is 14.1. The lowest BCUT2D eigenvalue weighted by Crippen LogP contribution is -2.56. The maximum absolute atomic E-state index is 14.1. The SMILES string of the molecule is CC(C)O.Cc1c(-n2nccn2)sc2c1c(=O)n(C(C)(C)C(=O)NC(C)C)c(=O)n2CCc1cc(F)ccc1OCC#N. The summed E-state index contributed by atoms with van der Waals surface area (Å²) in [5.74, 6) is -0.667. The van der Waals surface area contributed by atoms with E-state index in [1.54, 1.807) is 34.6 Å². The molecule has 0 aliphatic carbocycles. The van der Waals surface area contributed by atoms with Crippen LogP contribution in [0.4, 0.5) is 4.39 Å². The summed E-state index contributed by atoms with van der Waals surface area (Å²) in [5, 5.41) is 28.9. The Morgan fingerprint density at radius 2 is 1.84 bits per heavy atom. The molecule has 0 atom stereocenters. The van der Waals surface area contributed by atoms with Crippen LogP contribution in [-0.2, 0) is 23.3 Å². The first-order valence-electron chi connectivity index (χ1n) is 13.6. The minimum absolute atomic E-state index is 0.0375. The van der Waals surface area contributed by atoms with Crippen molar-refractivity contribution in [1.82, 2.24) is 29.4 Å². The minimum atomic E-state index is -1.52. The number of carbonyl (C=O) groups excluding carboxylic acids is 1. The number of hydrogen-bond donors (Lipinski definition) is 2. The molecule has 0 saturated carbocycles. The molecule has 14 heteroatoms. The van der Waals surface area contributed by atoms with Gasteiger partial charge in [-0.05, 0) is 78.6 Å². The fourth-order valence-corrected chi connectivity index (χ4v) is 5.54. The van der Waals surface area contributed by atoms with Crippen LogP contribution in [0.5, 0.6) is 5.75 Å². The van der Waals surface area contributed by atoms with Crippen LogP contribution in [0.25, 0.3) is 15.2 Å². The highest BCUT2D eigenvalue weighted by atomic mass is 32.1. The van der Waals surface area contributed by atoms with Gasteiger partial charge in [-0.2, -0.15) is 15.5 Å². The van der Waals surface area contributed by atoms with Gasteiger partial charge in [-0.15, -0.1) is 4.80 Å². The largest absolute Gasteiger partial charge is 0.478 e. The number of thiophene rings is 1. The van der Waals surface area contributed by atoms with E-state index in [9.17, 15) is 18.8 Å². The van der Waals surface area contributed by atoms with E-state index in [-0.39, 0.29) is 37.1 Å². The van der Waals surface area contributed by atoms with Crippen molar-refractivity contribution in [3.8, 4) is 16.8 Å². The van der Waals surface area contributed by atoms with Crippen molar-refractivity contribution >= 4 is 27.5 Å².